The van der Waals surface area contributed by atoms with Crippen LogP contribution in [0.1, 0.15) is 15.9 Å². The molecule has 1 heterocycles. The molecule has 1 aromatic carbocycles. The average molecular weight is 260 g/mol. The summed E-state index contributed by atoms with van der Waals surface area (Å²) in [5.41, 5.74) is -0.512. The van der Waals surface area contributed by atoms with Gasteiger partial charge in [0.2, 0.25) is 5.88 Å². The van der Waals surface area contributed by atoms with Crippen LogP contribution in [0.25, 0.3) is 0 Å². The van der Waals surface area contributed by atoms with Crippen LogP contribution in [0.4, 0.5) is 0 Å². The van der Waals surface area contributed by atoms with E-state index < -0.39 is 11.2 Å². The maximum Gasteiger partial charge on any atom is 0.330 e. The number of carbonyl (C=O) groups is 1. The predicted octanol–water partition coefficient (Wildman–Crippen LogP) is 0.987. The SMILES string of the molecule is Cc1ccc(Oc2[nH]c(=O)n(C)c(=O)c2C=O)cc1. The molecule has 98 valence electrons. The second-order valence-corrected chi connectivity index (χ2v) is 4.07. The third kappa shape index (κ3) is 2.47. The van der Waals surface area contributed by atoms with Crippen molar-refractivity contribution in [1.29, 1.82) is 0 Å². The highest BCUT2D eigenvalue weighted by Gasteiger charge is 2.13. The van der Waals surface area contributed by atoms with E-state index in [1.54, 1.807) is 12.1 Å². The second-order valence-electron chi connectivity index (χ2n) is 4.07. The monoisotopic (exact) mass is 260 g/mol. The molecular formula is C13H12N2O4. The van der Waals surface area contributed by atoms with Gasteiger partial charge in [0.05, 0.1) is 0 Å². The molecule has 6 heteroatoms. The molecule has 0 radical (unpaired) electrons. The highest BCUT2D eigenvalue weighted by Crippen LogP contribution is 2.19. The van der Waals surface area contributed by atoms with Crippen molar-refractivity contribution in [3.8, 4) is 11.6 Å². The summed E-state index contributed by atoms with van der Waals surface area (Å²) in [6.07, 6.45) is 0.363. The third-order valence-corrected chi connectivity index (χ3v) is 2.66. The molecule has 6 nitrogen and oxygen atoms in total. The topological polar surface area (TPSA) is 81.2 Å². The predicted molar refractivity (Wildman–Crippen MR) is 68.9 cm³/mol. The molecule has 1 aromatic heterocycles. The molecule has 1 N–H and O–H groups in total. The lowest BCUT2D eigenvalue weighted by atomic mass is 10.2. The number of nitrogens with one attached hydrogen (secondary N) is 1. The number of hydrogen-bond donors (Lipinski definition) is 1. The van der Waals surface area contributed by atoms with E-state index in [9.17, 15) is 14.4 Å². The van der Waals surface area contributed by atoms with Crippen LogP contribution >= 0.6 is 0 Å². The number of nitrogens with zero attached hydrogens (tertiary/aromatic N) is 1. The summed E-state index contributed by atoms with van der Waals surface area (Å²) in [7, 11) is 1.28. The fourth-order valence-electron chi connectivity index (χ4n) is 1.53. The van der Waals surface area contributed by atoms with Crippen LogP contribution in [0, 0.1) is 6.92 Å². The van der Waals surface area contributed by atoms with Crippen molar-refractivity contribution in [3.05, 3.63) is 56.2 Å². The molecule has 0 unspecified atom stereocenters. The van der Waals surface area contributed by atoms with Crippen molar-refractivity contribution in [2.24, 2.45) is 7.05 Å². The van der Waals surface area contributed by atoms with Crippen molar-refractivity contribution in [1.82, 2.24) is 9.55 Å². The largest absolute Gasteiger partial charge is 0.440 e. The first kappa shape index (κ1) is 12.8. The smallest absolute Gasteiger partial charge is 0.330 e. The number of aldehydes is 1. The molecule has 0 saturated carbocycles. The van der Waals surface area contributed by atoms with Crippen molar-refractivity contribution in [2.45, 2.75) is 6.92 Å². The number of carbonyl (C=O) groups excluding carboxylic acids is 1. The summed E-state index contributed by atoms with van der Waals surface area (Å²) in [6, 6.07) is 6.99. The summed E-state index contributed by atoms with van der Waals surface area (Å²) in [5.74, 6) is 0.282. The molecular weight excluding hydrogens is 248 g/mol. The lowest BCUT2D eigenvalue weighted by molar-refractivity contribution is 0.111. The maximum atomic E-state index is 11.7. The Kier molecular flexibility index (Phi) is 3.33. The van der Waals surface area contributed by atoms with E-state index in [2.05, 4.69) is 4.98 Å². The van der Waals surface area contributed by atoms with Crippen LogP contribution in [0.15, 0.2) is 33.9 Å². The van der Waals surface area contributed by atoms with Gasteiger partial charge in [-0.15, -0.1) is 0 Å². The van der Waals surface area contributed by atoms with Crippen molar-refractivity contribution < 1.29 is 9.53 Å². The molecule has 0 fully saturated rings. The van der Waals surface area contributed by atoms with Gasteiger partial charge in [-0.2, -0.15) is 0 Å². The second kappa shape index (κ2) is 4.93. The van der Waals surface area contributed by atoms with Crippen LogP contribution in [0.2, 0.25) is 0 Å². The molecule has 0 amide bonds. The van der Waals surface area contributed by atoms with Crippen LogP contribution < -0.4 is 16.0 Å². The Balaban J connectivity index is 2.51. The number of rotatable bonds is 3. The number of H-pyrrole nitrogens is 1. The average Bonchev–Trinajstić information content (AvgIpc) is 2.39. The summed E-state index contributed by atoms with van der Waals surface area (Å²) in [4.78, 5) is 36.5. The zero-order chi connectivity index (χ0) is 14.0. The number of ether oxygens (including phenoxy) is 1. The summed E-state index contributed by atoms with van der Waals surface area (Å²) in [6.45, 7) is 1.92. The number of aromatic nitrogens is 2. The van der Waals surface area contributed by atoms with E-state index in [0.29, 0.717) is 12.0 Å². The van der Waals surface area contributed by atoms with E-state index >= 15 is 0 Å². The standard InChI is InChI=1S/C13H12N2O4/c1-8-3-5-9(6-4-8)19-11-10(7-16)12(17)15(2)13(18)14-11/h3-7H,1-2H3,(H,14,18). The van der Waals surface area contributed by atoms with Gasteiger partial charge in [-0.25, -0.2) is 4.79 Å². The van der Waals surface area contributed by atoms with E-state index in [1.165, 1.54) is 7.05 Å². The lowest BCUT2D eigenvalue weighted by Gasteiger charge is -2.08. The Morgan fingerprint density at radius 3 is 2.42 bits per heavy atom. The lowest BCUT2D eigenvalue weighted by Crippen LogP contribution is -2.35. The fourth-order valence-corrected chi connectivity index (χ4v) is 1.53. The van der Waals surface area contributed by atoms with Gasteiger partial charge >= 0.3 is 5.69 Å². The van der Waals surface area contributed by atoms with E-state index in [1.807, 2.05) is 19.1 Å². The number of aryl methyl sites for hydroxylation is 1. The molecule has 0 aliphatic heterocycles. The molecule has 0 aliphatic carbocycles. The molecule has 19 heavy (non-hydrogen) atoms. The van der Waals surface area contributed by atoms with Crippen LogP contribution in [-0.4, -0.2) is 15.8 Å². The normalized spacial score (nSPS) is 10.2. The van der Waals surface area contributed by atoms with Gasteiger partial charge in [0.25, 0.3) is 5.56 Å². The van der Waals surface area contributed by atoms with E-state index in [0.717, 1.165) is 10.1 Å². The minimum atomic E-state index is -0.694. The highest BCUT2D eigenvalue weighted by molar-refractivity contribution is 5.77. The Hall–Kier alpha value is -2.63. The Morgan fingerprint density at radius 1 is 1.21 bits per heavy atom. The number of benzene rings is 1. The van der Waals surface area contributed by atoms with Gasteiger partial charge in [0.15, 0.2) is 6.29 Å². The van der Waals surface area contributed by atoms with Gasteiger partial charge in [0.1, 0.15) is 11.3 Å². The summed E-state index contributed by atoms with van der Waals surface area (Å²) >= 11 is 0. The quantitative estimate of drug-likeness (QED) is 0.834. The molecule has 2 aromatic rings. The summed E-state index contributed by atoms with van der Waals surface area (Å²) in [5, 5.41) is 0. The fraction of sp³-hybridized carbons (Fsp3) is 0.154. The molecule has 0 atom stereocenters. The third-order valence-electron chi connectivity index (χ3n) is 2.66. The van der Waals surface area contributed by atoms with Crippen LogP contribution in [-0.2, 0) is 7.05 Å². The first-order chi connectivity index (χ1) is 9.02. The van der Waals surface area contributed by atoms with Crippen molar-refractivity contribution in [2.75, 3.05) is 0 Å². The minimum absolute atomic E-state index is 0.146. The zero-order valence-corrected chi connectivity index (χ0v) is 10.5. The van der Waals surface area contributed by atoms with E-state index in [-0.39, 0.29) is 11.4 Å². The Bertz CT molecular complexity index is 726. The van der Waals surface area contributed by atoms with E-state index in [4.69, 9.17) is 4.74 Å². The summed E-state index contributed by atoms with van der Waals surface area (Å²) < 4.78 is 6.18. The maximum absolute atomic E-state index is 11.7. The highest BCUT2D eigenvalue weighted by atomic mass is 16.5. The van der Waals surface area contributed by atoms with Gasteiger partial charge in [-0.05, 0) is 19.1 Å². The molecule has 2 rings (SSSR count). The number of aromatic amines is 1. The minimum Gasteiger partial charge on any atom is -0.440 e. The zero-order valence-electron chi connectivity index (χ0n) is 10.5. The van der Waals surface area contributed by atoms with Crippen molar-refractivity contribution >= 4 is 6.29 Å². The van der Waals surface area contributed by atoms with Crippen LogP contribution in [0.3, 0.4) is 0 Å². The van der Waals surface area contributed by atoms with Gasteiger partial charge in [-0.3, -0.25) is 19.1 Å². The van der Waals surface area contributed by atoms with Gasteiger partial charge in [0, 0.05) is 7.05 Å². The Morgan fingerprint density at radius 2 is 1.84 bits per heavy atom. The first-order valence-corrected chi connectivity index (χ1v) is 5.56. The van der Waals surface area contributed by atoms with Crippen molar-refractivity contribution in [3.63, 3.8) is 0 Å². The van der Waals surface area contributed by atoms with Crippen LogP contribution in [0.5, 0.6) is 11.6 Å². The molecule has 0 spiro atoms. The molecule has 0 aliphatic rings. The Labute approximate surface area is 108 Å². The number of hydrogen-bond acceptors (Lipinski definition) is 4. The van der Waals surface area contributed by atoms with Gasteiger partial charge < -0.3 is 4.74 Å². The molecule has 0 saturated heterocycles. The molecule has 0 bridgehead atoms. The first-order valence-electron chi connectivity index (χ1n) is 5.56. The van der Waals surface area contributed by atoms with Gasteiger partial charge in [-0.1, -0.05) is 17.7 Å².